The van der Waals surface area contributed by atoms with E-state index in [1.807, 2.05) is 41.8 Å². The highest BCUT2D eigenvalue weighted by Crippen LogP contribution is 2.32. The van der Waals surface area contributed by atoms with Gasteiger partial charge in [0.2, 0.25) is 5.91 Å². The van der Waals surface area contributed by atoms with Gasteiger partial charge in [-0.25, -0.2) is 4.98 Å². The molecular formula is C23H27N3O2S. The van der Waals surface area contributed by atoms with E-state index in [2.05, 4.69) is 31.0 Å². The molecular weight excluding hydrogens is 382 g/mol. The van der Waals surface area contributed by atoms with E-state index in [-0.39, 0.29) is 5.91 Å². The number of ether oxygens (including phenoxy) is 1. The number of benzene rings is 2. The number of aryl methyl sites for hydroxylation is 1. The minimum absolute atomic E-state index is 0.0332. The van der Waals surface area contributed by atoms with Gasteiger partial charge < -0.3 is 4.74 Å². The van der Waals surface area contributed by atoms with Crippen molar-refractivity contribution in [2.75, 3.05) is 19.1 Å². The van der Waals surface area contributed by atoms with E-state index < -0.39 is 0 Å². The smallest absolute Gasteiger partial charge is 0.230 e. The fourth-order valence-corrected chi connectivity index (χ4v) is 4.23. The first-order chi connectivity index (χ1) is 14.0. The van der Waals surface area contributed by atoms with Crippen LogP contribution in [0, 0.1) is 0 Å². The van der Waals surface area contributed by atoms with Gasteiger partial charge in [0.25, 0.3) is 0 Å². The lowest BCUT2D eigenvalue weighted by Gasteiger charge is -2.21. The summed E-state index contributed by atoms with van der Waals surface area (Å²) in [5, 5.41) is 2.73. The molecule has 0 aliphatic rings. The lowest BCUT2D eigenvalue weighted by Crippen LogP contribution is -2.24. The van der Waals surface area contributed by atoms with Crippen molar-refractivity contribution < 1.29 is 9.53 Å². The first-order valence-electron chi connectivity index (χ1n) is 9.67. The third-order valence-electron chi connectivity index (χ3n) is 4.72. The second kappa shape index (κ2) is 9.67. The Morgan fingerprint density at radius 3 is 2.45 bits per heavy atom. The number of hydrogen-bond acceptors (Lipinski definition) is 5. The van der Waals surface area contributed by atoms with E-state index in [1.165, 1.54) is 11.3 Å². The molecule has 5 nitrogen and oxygen atoms in total. The van der Waals surface area contributed by atoms with Gasteiger partial charge in [-0.3, -0.25) is 14.6 Å². The van der Waals surface area contributed by atoms with Gasteiger partial charge in [-0.05, 0) is 31.2 Å². The normalized spacial score (nSPS) is 10.9. The summed E-state index contributed by atoms with van der Waals surface area (Å²) in [6.45, 7) is 5.13. The average Bonchev–Trinajstić information content (AvgIpc) is 3.16. The molecule has 152 valence electrons. The second-order valence-electron chi connectivity index (χ2n) is 6.94. The van der Waals surface area contributed by atoms with Crippen molar-refractivity contribution in [1.82, 2.24) is 9.88 Å². The Hall–Kier alpha value is -2.70. The number of nitrogens with zero attached hydrogens (tertiary/aromatic N) is 3. The monoisotopic (exact) mass is 409 g/mol. The second-order valence-corrected chi connectivity index (χ2v) is 7.78. The van der Waals surface area contributed by atoms with Crippen LogP contribution in [0.25, 0.3) is 0 Å². The fourth-order valence-electron chi connectivity index (χ4n) is 3.36. The molecule has 1 amide bonds. The van der Waals surface area contributed by atoms with E-state index in [4.69, 9.17) is 9.72 Å². The van der Waals surface area contributed by atoms with E-state index in [1.54, 1.807) is 18.9 Å². The van der Waals surface area contributed by atoms with Crippen molar-refractivity contribution in [3.63, 3.8) is 0 Å². The molecule has 29 heavy (non-hydrogen) atoms. The van der Waals surface area contributed by atoms with Crippen molar-refractivity contribution in [2.24, 2.45) is 0 Å². The van der Waals surface area contributed by atoms with Crippen LogP contribution < -0.4 is 9.64 Å². The lowest BCUT2D eigenvalue weighted by atomic mass is 10.1. The molecule has 0 unspecified atom stereocenters. The van der Waals surface area contributed by atoms with Crippen LogP contribution in [0.1, 0.15) is 30.7 Å². The molecule has 0 bridgehead atoms. The molecule has 0 saturated heterocycles. The highest BCUT2D eigenvalue weighted by Gasteiger charge is 2.20. The zero-order valence-electron chi connectivity index (χ0n) is 17.4. The average molecular weight is 410 g/mol. The summed E-state index contributed by atoms with van der Waals surface area (Å²) in [5.74, 6) is 0.853. The van der Waals surface area contributed by atoms with Gasteiger partial charge in [-0.1, -0.05) is 43.3 Å². The van der Waals surface area contributed by atoms with Gasteiger partial charge >= 0.3 is 0 Å². The Kier molecular flexibility index (Phi) is 7.01. The van der Waals surface area contributed by atoms with Crippen LogP contribution in [0.2, 0.25) is 0 Å². The van der Waals surface area contributed by atoms with E-state index in [0.717, 1.165) is 41.2 Å². The van der Waals surface area contributed by atoms with Gasteiger partial charge in [-0.2, -0.15) is 0 Å². The zero-order chi connectivity index (χ0) is 20.8. The summed E-state index contributed by atoms with van der Waals surface area (Å²) < 4.78 is 5.44. The fraction of sp³-hybridized carbons (Fsp3) is 0.304. The maximum Gasteiger partial charge on any atom is 0.230 e. The van der Waals surface area contributed by atoms with Crippen LogP contribution in [0.4, 0.5) is 10.8 Å². The molecule has 6 heteroatoms. The van der Waals surface area contributed by atoms with Crippen molar-refractivity contribution >= 4 is 28.1 Å². The number of carbonyl (C=O) groups is 1. The van der Waals surface area contributed by atoms with E-state index in [9.17, 15) is 4.79 Å². The van der Waals surface area contributed by atoms with Crippen molar-refractivity contribution in [1.29, 1.82) is 0 Å². The highest BCUT2D eigenvalue weighted by molar-refractivity contribution is 7.14. The number of carbonyl (C=O) groups excluding carboxylic acids is 1. The van der Waals surface area contributed by atoms with Crippen LogP contribution >= 0.6 is 11.3 Å². The van der Waals surface area contributed by atoms with Crippen LogP contribution in [0.15, 0.2) is 53.9 Å². The summed E-state index contributed by atoms with van der Waals surface area (Å²) in [6, 6.07) is 16.0. The first kappa shape index (κ1) is 21.0. The molecule has 2 aromatic carbocycles. The highest BCUT2D eigenvalue weighted by atomic mass is 32.1. The van der Waals surface area contributed by atoms with Gasteiger partial charge in [0.15, 0.2) is 5.13 Å². The minimum atomic E-state index is -0.0332. The van der Waals surface area contributed by atoms with E-state index in [0.29, 0.717) is 11.7 Å². The summed E-state index contributed by atoms with van der Waals surface area (Å²) in [6.07, 6.45) is 0.861. The Morgan fingerprint density at radius 1 is 1.07 bits per heavy atom. The molecule has 3 aromatic rings. The number of hydrogen-bond donors (Lipinski definition) is 0. The lowest BCUT2D eigenvalue weighted by molar-refractivity contribution is -0.115. The summed E-state index contributed by atoms with van der Waals surface area (Å²) >= 11 is 1.50. The summed E-state index contributed by atoms with van der Waals surface area (Å²) in [4.78, 5) is 21.1. The predicted molar refractivity (Wildman–Crippen MR) is 119 cm³/mol. The number of amides is 1. The predicted octanol–water partition coefficient (Wildman–Crippen LogP) is 5.03. The molecule has 3 rings (SSSR count). The molecule has 0 saturated carbocycles. The van der Waals surface area contributed by atoms with Crippen LogP contribution in [-0.2, 0) is 24.3 Å². The van der Waals surface area contributed by atoms with Crippen LogP contribution in [0.5, 0.6) is 5.75 Å². The Bertz CT molecular complexity index is 970. The SMILES string of the molecule is CCc1ccccc1N(C(C)=O)c1nc(CN(C)Cc2ccccc2OC)cs1. The quantitative estimate of drug-likeness (QED) is 0.523. The Morgan fingerprint density at radius 2 is 1.76 bits per heavy atom. The molecule has 1 heterocycles. The molecule has 0 N–H and O–H groups in total. The van der Waals surface area contributed by atoms with Crippen molar-refractivity contribution in [3.05, 3.63) is 70.7 Å². The Labute approximate surface area is 176 Å². The molecule has 1 aromatic heterocycles. The zero-order valence-corrected chi connectivity index (χ0v) is 18.2. The standard InChI is InChI=1S/C23H27N3O2S/c1-5-18-10-6-8-12-21(18)26(17(2)27)23-24-20(16-29-23)15-25(3)14-19-11-7-9-13-22(19)28-4/h6-13,16H,5,14-15H2,1-4H3. The third-order valence-corrected chi connectivity index (χ3v) is 5.60. The van der Waals surface area contributed by atoms with Gasteiger partial charge in [0.1, 0.15) is 5.75 Å². The number of rotatable bonds is 8. The maximum atomic E-state index is 12.4. The maximum absolute atomic E-state index is 12.4. The molecule has 0 aliphatic heterocycles. The molecule has 0 spiro atoms. The summed E-state index contributed by atoms with van der Waals surface area (Å²) in [7, 11) is 3.75. The number of thiazole rings is 1. The summed E-state index contributed by atoms with van der Waals surface area (Å²) in [5.41, 5.74) is 4.12. The van der Waals surface area contributed by atoms with Gasteiger partial charge in [0, 0.05) is 31.0 Å². The number of para-hydroxylation sites is 2. The molecule has 0 radical (unpaired) electrons. The largest absolute Gasteiger partial charge is 0.496 e. The van der Waals surface area contributed by atoms with Gasteiger partial charge in [0.05, 0.1) is 18.5 Å². The van der Waals surface area contributed by atoms with E-state index >= 15 is 0 Å². The molecule has 0 aliphatic carbocycles. The third kappa shape index (κ3) is 5.02. The topological polar surface area (TPSA) is 45.7 Å². The van der Waals surface area contributed by atoms with Crippen LogP contribution in [0.3, 0.4) is 0 Å². The molecule has 0 fully saturated rings. The van der Waals surface area contributed by atoms with Crippen molar-refractivity contribution in [2.45, 2.75) is 33.4 Å². The minimum Gasteiger partial charge on any atom is -0.496 e. The number of anilines is 2. The number of aromatic nitrogens is 1. The number of methoxy groups -OCH3 is 1. The Balaban J connectivity index is 1.77. The van der Waals surface area contributed by atoms with Gasteiger partial charge in [-0.15, -0.1) is 11.3 Å². The van der Waals surface area contributed by atoms with Crippen LogP contribution in [-0.4, -0.2) is 29.9 Å². The molecule has 0 atom stereocenters. The first-order valence-corrected chi connectivity index (χ1v) is 10.5. The van der Waals surface area contributed by atoms with Crippen molar-refractivity contribution in [3.8, 4) is 5.75 Å².